The molecule has 0 aliphatic carbocycles. The van der Waals surface area contributed by atoms with Gasteiger partial charge in [-0.1, -0.05) is 47.6 Å². The van der Waals surface area contributed by atoms with Crippen LogP contribution in [0.4, 0.5) is 23.4 Å². The van der Waals surface area contributed by atoms with Gasteiger partial charge in [0.15, 0.2) is 28.2 Å². The number of fused-ring (bicyclic) bond motifs is 3. The van der Waals surface area contributed by atoms with Crippen LogP contribution in [0, 0.1) is 11.2 Å². The highest BCUT2D eigenvalue weighted by atomic mass is 28.4. The van der Waals surface area contributed by atoms with Gasteiger partial charge in [-0.2, -0.15) is 18.2 Å². The van der Waals surface area contributed by atoms with Crippen LogP contribution >= 0.6 is 0 Å². The van der Waals surface area contributed by atoms with E-state index < -0.39 is 40.0 Å². The monoisotopic (exact) mass is 764 g/mol. The summed E-state index contributed by atoms with van der Waals surface area (Å²) in [6, 6.07) is 7.72. The van der Waals surface area contributed by atoms with E-state index in [0.29, 0.717) is 37.9 Å². The number of aromatic nitrogens is 3. The van der Waals surface area contributed by atoms with Gasteiger partial charge in [0.25, 0.3) is 0 Å². The lowest BCUT2D eigenvalue weighted by Crippen LogP contribution is -2.54. The molecule has 5 rings (SSSR count). The number of pyridine rings is 1. The smallest absolute Gasteiger partial charge is 0.433 e. The molecule has 0 amide bonds. The summed E-state index contributed by atoms with van der Waals surface area (Å²) >= 11 is 0. The molecule has 0 bridgehead atoms. The number of ether oxygens (including phenoxy) is 2. The summed E-state index contributed by atoms with van der Waals surface area (Å²) < 4.78 is 80.7. The van der Waals surface area contributed by atoms with Crippen molar-refractivity contribution in [3.63, 3.8) is 0 Å². The maximum atomic E-state index is 14.9. The van der Waals surface area contributed by atoms with Crippen LogP contribution in [0.25, 0.3) is 0 Å². The summed E-state index contributed by atoms with van der Waals surface area (Å²) in [4.78, 5) is 23.0. The van der Waals surface area contributed by atoms with Crippen LogP contribution in [0.2, 0.25) is 36.3 Å². The second-order valence-electron chi connectivity index (χ2n) is 17.3. The van der Waals surface area contributed by atoms with Gasteiger partial charge in [0.2, 0.25) is 5.88 Å². The van der Waals surface area contributed by atoms with Crippen LogP contribution < -0.4 is 20.1 Å². The molecule has 2 aliphatic heterocycles. The first-order valence-electron chi connectivity index (χ1n) is 17.7. The summed E-state index contributed by atoms with van der Waals surface area (Å²) in [6.07, 6.45) is -2.07. The minimum absolute atomic E-state index is 0.0544. The Morgan fingerprint density at radius 2 is 1.56 bits per heavy atom. The molecule has 0 spiro atoms. The van der Waals surface area contributed by atoms with Crippen LogP contribution in [-0.4, -0.2) is 57.0 Å². The molecule has 286 valence electrons. The highest BCUT2D eigenvalue weighted by molar-refractivity contribution is 6.74. The maximum Gasteiger partial charge on any atom is 0.433 e. The molecule has 2 aromatic heterocycles. The van der Waals surface area contributed by atoms with E-state index in [2.05, 4.69) is 82.6 Å². The lowest BCUT2D eigenvalue weighted by atomic mass is 9.77. The highest BCUT2D eigenvalue weighted by Gasteiger charge is 2.48. The van der Waals surface area contributed by atoms with Crippen molar-refractivity contribution in [1.82, 2.24) is 14.5 Å². The first-order chi connectivity index (χ1) is 23.9. The number of halogens is 4. The van der Waals surface area contributed by atoms with Crippen molar-refractivity contribution in [2.24, 2.45) is 5.41 Å². The minimum atomic E-state index is -4.66. The number of rotatable bonds is 11. The number of anilines is 1. The molecule has 1 fully saturated rings. The Morgan fingerprint density at radius 3 is 2.13 bits per heavy atom. The molecule has 3 aromatic rings. The number of piperidine rings is 1. The number of hydrogen-bond donors (Lipinski definition) is 0. The molecular weight excluding hydrogens is 713 g/mol. The maximum absolute atomic E-state index is 14.9. The largest absolute Gasteiger partial charge is 0.473 e. The van der Waals surface area contributed by atoms with Gasteiger partial charge in [-0.15, -0.1) is 0 Å². The van der Waals surface area contributed by atoms with Gasteiger partial charge in [0.1, 0.15) is 23.9 Å². The zero-order valence-electron chi connectivity index (χ0n) is 31.9. The van der Waals surface area contributed by atoms with Crippen LogP contribution in [0.3, 0.4) is 0 Å². The molecule has 52 heavy (non-hydrogen) atoms. The van der Waals surface area contributed by atoms with E-state index in [-0.39, 0.29) is 45.5 Å². The zero-order chi connectivity index (χ0) is 38.5. The molecule has 0 saturated carbocycles. The fourth-order valence-electron chi connectivity index (χ4n) is 5.92. The van der Waals surface area contributed by atoms with E-state index in [9.17, 15) is 22.4 Å². The van der Waals surface area contributed by atoms with Crippen molar-refractivity contribution in [3.05, 3.63) is 70.2 Å². The molecule has 0 N–H and O–H groups in total. The summed E-state index contributed by atoms with van der Waals surface area (Å²) in [6.45, 7) is 24.9. The third-order valence-electron chi connectivity index (χ3n) is 11.4. The van der Waals surface area contributed by atoms with Crippen LogP contribution in [0.15, 0.2) is 47.4 Å². The molecule has 1 saturated heterocycles. The van der Waals surface area contributed by atoms with Gasteiger partial charge in [0.05, 0.1) is 0 Å². The topological polar surface area (TPSA) is 87.9 Å². The SMILES string of the molecule is CC(C)(C)[Si](C)(C)OCC1(CO[Si](C)(C)C(C)(C)C)CCN2c3cc(OCc4ccc(Oc5ccnc(C(F)(F)F)c5)c(F)c4)nc(=O)n3CC2C1. The van der Waals surface area contributed by atoms with E-state index in [4.69, 9.17) is 18.3 Å². The van der Waals surface area contributed by atoms with Gasteiger partial charge in [-0.05, 0) is 72.9 Å². The molecule has 1 atom stereocenters. The van der Waals surface area contributed by atoms with E-state index >= 15 is 0 Å². The summed E-state index contributed by atoms with van der Waals surface area (Å²) in [5, 5.41) is 0.139. The molecule has 4 heterocycles. The Hall–Kier alpha value is -3.28. The van der Waals surface area contributed by atoms with Gasteiger partial charge < -0.3 is 23.2 Å². The number of nitrogens with zero attached hydrogens (tertiary/aromatic N) is 4. The first-order valence-corrected chi connectivity index (χ1v) is 23.5. The lowest BCUT2D eigenvalue weighted by molar-refractivity contribution is -0.141. The average molecular weight is 765 g/mol. The minimum Gasteiger partial charge on any atom is -0.473 e. The standard InChI is InChI=1S/C37H52F4N4O5Si2/c1-34(2,3)51(7,8)48-23-36(24-49-52(9,10)35(4,5)6)14-16-44-26(20-36)21-45-32(44)19-31(43-33(45)46)47-22-25-11-12-29(28(38)17-25)50-27-13-15-42-30(18-27)37(39,40)41/h11-13,15,17-19,26H,14,16,20-24H2,1-10H3. The summed E-state index contributed by atoms with van der Waals surface area (Å²) in [5.74, 6) is -0.396. The van der Waals surface area contributed by atoms with Crippen LogP contribution in [-0.2, 0) is 28.2 Å². The van der Waals surface area contributed by atoms with Gasteiger partial charge in [-0.3, -0.25) is 9.55 Å². The number of alkyl halides is 3. The fourth-order valence-corrected chi connectivity index (χ4v) is 8.12. The zero-order valence-corrected chi connectivity index (χ0v) is 33.9. The van der Waals surface area contributed by atoms with Gasteiger partial charge >= 0.3 is 11.9 Å². The Labute approximate surface area is 305 Å². The van der Waals surface area contributed by atoms with E-state index in [0.717, 1.165) is 24.9 Å². The Kier molecular flexibility index (Phi) is 10.9. The fraction of sp³-hybridized carbons (Fsp3) is 0.595. The molecule has 0 radical (unpaired) electrons. The Bertz CT molecular complexity index is 1790. The van der Waals surface area contributed by atoms with Crippen LogP contribution in [0.5, 0.6) is 17.4 Å². The second-order valence-corrected chi connectivity index (χ2v) is 26.9. The summed E-state index contributed by atoms with van der Waals surface area (Å²) in [7, 11) is -4.08. The molecule has 9 nitrogen and oxygen atoms in total. The second kappa shape index (κ2) is 14.2. The average Bonchev–Trinajstić information content (AvgIpc) is 3.40. The highest BCUT2D eigenvalue weighted by Crippen LogP contribution is 2.46. The van der Waals surface area contributed by atoms with Crippen molar-refractivity contribution in [3.8, 4) is 17.4 Å². The van der Waals surface area contributed by atoms with E-state index in [1.165, 1.54) is 24.3 Å². The molecule has 15 heteroatoms. The molecule has 1 aromatic carbocycles. The summed E-state index contributed by atoms with van der Waals surface area (Å²) in [5.41, 5.74) is -1.35. The Morgan fingerprint density at radius 1 is 0.923 bits per heavy atom. The lowest BCUT2D eigenvalue weighted by Gasteiger charge is -2.48. The van der Waals surface area contributed by atoms with Crippen LogP contribution in [0.1, 0.15) is 65.6 Å². The molecule has 2 aliphatic rings. The van der Waals surface area contributed by atoms with Gasteiger partial charge in [-0.25, -0.2) is 9.18 Å². The molecular formula is C37H52F4N4O5Si2. The van der Waals surface area contributed by atoms with Crippen molar-refractivity contribution in [2.45, 2.75) is 116 Å². The normalized spacial score (nSPS) is 17.9. The first kappa shape index (κ1) is 39.9. The van der Waals surface area contributed by atoms with Crippen molar-refractivity contribution < 1.29 is 35.9 Å². The van der Waals surface area contributed by atoms with E-state index in [1.54, 1.807) is 10.6 Å². The van der Waals surface area contributed by atoms with Gasteiger partial charge in [0, 0.05) is 56.1 Å². The predicted molar refractivity (Wildman–Crippen MR) is 198 cm³/mol. The number of hydrogen-bond acceptors (Lipinski definition) is 8. The molecule has 1 unspecified atom stereocenters. The third kappa shape index (κ3) is 8.74. The van der Waals surface area contributed by atoms with Crippen molar-refractivity contribution >= 4 is 22.5 Å². The van der Waals surface area contributed by atoms with Crippen molar-refractivity contribution in [2.75, 3.05) is 24.7 Å². The number of benzene rings is 1. The Balaban J connectivity index is 1.29. The van der Waals surface area contributed by atoms with E-state index in [1.807, 2.05) is 0 Å². The van der Waals surface area contributed by atoms with Crippen molar-refractivity contribution in [1.29, 1.82) is 0 Å². The quantitative estimate of drug-likeness (QED) is 0.141. The third-order valence-corrected chi connectivity index (χ3v) is 20.3. The predicted octanol–water partition coefficient (Wildman–Crippen LogP) is 9.18.